The molecule has 0 heterocycles. The van der Waals surface area contributed by atoms with Crippen molar-refractivity contribution in [2.45, 2.75) is 55.4 Å². The molecule has 0 spiro atoms. The first kappa shape index (κ1) is 32.4. The van der Waals surface area contributed by atoms with Crippen molar-refractivity contribution < 1.29 is 23.1 Å². The molecule has 0 aliphatic carbocycles. The molecule has 43 heavy (non-hydrogen) atoms. The zero-order valence-corrected chi connectivity index (χ0v) is 29.3. The third-order valence-corrected chi connectivity index (χ3v) is 14.8. The van der Waals surface area contributed by atoms with Crippen LogP contribution in [-0.4, -0.2) is 44.5 Å². The van der Waals surface area contributed by atoms with Crippen LogP contribution in [0.4, 0.5) is 0 Å². The van der Waals surface area contributed by atoms with Gasteiger partial charge in [-0.1, -0.05) is 48.5 Å². The van der Waals surface area contributed by atoms with E-state index >= 15 is 0 Å². The number of benzene rings is 4. The lowest BCUT2D eigenvalue weighted by Crippen LogP contribution is -2.58. The number of hydrogen-bond acceptors (Lipinski definition) is 5. The quantitative estimate of drug-likeness (QED) is 0.189. The van der Waals surface area contributed by atoms with Gasteiger partial charge in [-0.15, -0.1) is 0 Å². The molecule has 0 aromatic heterocycles. The first-order valence-electron chi connectivity index (χ1n) is 15.4. The van der Waals surface area contributed by atoms with E-state index in [4.69, 9.17) is 23.1 Å². The summed E-state index contributed by atoms with van der Waals surface area (Å²) < 4.78 is 32.0. The Kier molecular flexibility index (Phi) is 11.5. The van der Waals surface area contributed by atoms with Gasteiger partial charge in [-0.3, -0.25) is 0 Å². The van der Waals surface area contributed by atoms with Crippen LogP contribution in [0.15, 0.2) is 72.8 Å². The van der Waals surface area contributed by atoms with Crippen molar-refractivity contribution in [3.05, 3.63) is 95.1 Å². The Bertz CT molecular complexity index is 1300. The van der Waals surface area contributed by atoms with Crippen molar-refractivity contribution in [1.29, 1.82) is 0 Å². The molecule has 0 radical (unpaired) electrons. The third kappa shape index (κ3) is 7.17. The molecule has 0 bridgehead atoms. The molecule has 0 aliphatic rings. The van der Waals surface area contributed by atoms with Crippen LogP contribution in [0.25, 0.3) is 0 Å². The minimum atomic E-state index is -2.32. The highest BCUT2D eigenvalue weighted by molar-refractivity contribution is 6.92. The zero-order chi connectivity index (χ0) is 30.9. The van der Waals surface area contributed by atoms with E-state index in [0.717, 1.165) is 45.3 Å². The number of rotatable bonds is 14. The average molecular weight is 615 g/mol. The van der Waals surface area contributed by atoms with Gasteiger partial charge >= 0.3 is 0 Å². The van der Waals surface area contributed by atoms with Crippen molar-refractivity contribution >= 4 is 38.8 Å². The zero-order valence-electron chi connectivity index (χ0n) is 27.0. The molecule has 0 saturated heterocycles. The minimum Gasteiger partial charge on any atom is -0.494 e. The summed E-state index contributed by atoms with van der Waals surface area (Å²) in [5.74, 6) is 3.62. The highest BCUT2D eigenvalue weighted by atomic mass is 28.4. The summed E-state index contributed by atoms with van der Waals surface area (Å²) in [5.41, 5.74) is 4.54. The van der Waals surface area contributed by atoms with E-state index in [2.05, 4.69) is 100 Å². The molecular weight excluding hydrogens is 569 g/mol. The van der Waals surface area contributed by atoms with E-state index in [0.29, 0.717) is 26.4 Å². The Morgan fingerprint density at radius 3 is 0.837 bits per heavy atom. The predicted molar refractivity (Wildman–Crippen MR) is 183 cm³/mol. The van der Waals surface area contributed by atoms with Crippen LogP contribution in [0.3, 0.4) is 0 Å². The molecule has 4 rings (SSSR count). The molecule has 0 atom stereocenters. The topological polar surface area (TPSA) is 46.2 Å². The molecule has 0 aliphatic heterocycles. The molecule has 0 N–H and O–H groups in total. The van der Waals surface area contributed by atoms with Gasteiger partial charge in [0, 0.05) is 0 Å². The van der Waals surface area contributed by atoms with E-state index in [-0.39, 0.29) is 0 Å². The molecule has 0 amide bonds. The SMILES string of the molecule is CCOc1cccc([SiH](O[SiH](c2cccc(OCC)c2C)c2cccc(OCC)c2C)c2cccc(OCC)c2C)c1C. The maximum atomic E-state index is 7.71. The molecule has 5 nitrogen and oxygen atoms in total. The fourth-order valence-electron chi connectivity index (χ4n) is 5.67. The monoisotopic (exact) mass is 614 g/mol. The summed E-state index contributed by atoms with van der Waals surface area (Å²) in [6.07, 6.45) is 0. The van der Waals surface area contributed by atoms with Gasteiger partial charge in [0.05, 0.1) is 26.4 Å². The molecule has 0 fully saturated rings. The Hall–Kier alpha value is -3.53. The molecule has 7 heteroatoms. The van der Waals surface area contributed by atoms with Crippen LogP contribution in [0.2, 0.25) is 0 Å². The molecule has 228 valence electrons. The van der Waals surface area contributed by atoms with Crippen molar-refractivity contribution in [3.8, 4) is 23.0 Å². The summed E-state index contributed by atoms with van der Waals surface area (Å²) in [7, 11) is -4.64. The highest BCUT2D eigenvalue weighted by Crippen LogP contribution is 2.22. The summed E-state index contributed by atoms with van der Waals surface area (Å²) in [6, 6.07) is 25.5. The van der Waals surface area contributed by atoms with Crippen LogP contribution in [-0.2, 0) is 4.12 Å². The second-order valence-corrected chi connectivity index (χ2v) is 15.6. The fraction of sp³-hybridized carbons (Fsp3) is 0.333. The summed E-state index contributed by atoms with van der Waals surface area (Å²) in [5, 5.41) is 4.88. The maximum Gasteiger partial charge on any atom is 0.229 e. The van der Waals surface area contributed by atoms with Crippen LogP contribution >= 0.6 is 0 Å². The van der Waals surface area contributed by atoms with E-state index < -0.39 is 18.1 Å². The van der Waals surface area contributed by atoms with Gasteiger partial charge in [-0.25, -0.2) is 0 Å². The Morgan fingerprint density at radius 2 is 0.628 bits per heavy atom. The van der Waals surface area contributed by atoms with Crippen molar-refractivity contribution in [3.63, 3.8) is 0 Å². The van der Waals surface area contributed by atoms with Crippen molar-refractivity contribution in [2.24, 2.45) is 0 Å². The molecule has 4 aromatic rings. The summed E-state index contributed by atoms with van der Waals surface area (Å²) >= 11 is 0. The number of hydrogen-bond donors (Lipinski definition) is 0. The lowest BCUT2D eigenvalue weighted by Gasteiger charge is -2.30. The smallest absolute Gasteiger partial charge is 0.229 e. The minimum absolute atomic E-state index is 0.612. The van der Waals surface area contributed by atoms with Crippen LogP contribution in [0.5, 0.6) is 23.0 Å². The van der Waals surface area contributed by atoms with Crippen LogP contribution in [0, 0.1) is 27.7 Å². The summed E-state index contributed by atoms with van der Waals surface area (Å²) in [4.78, 5) is 0. The standard InChI is InChI=1S/C36H46O5Si2/c1-9-37-29-17-13-21-33(25(29)5)42(34-22-14-18-30(26(34)6)38-10-2)41-43(35-23-15-19-31(27(35)7)39-11-3)36-24-16-20-32(28(36)8)40-12-4/h13-24,42-43H,9-12H2,1-8H3. The van der Waals surface area contributed by atoms with Crippen molar-refractivity contribution in [2.75, 3.05) is 26.4 Å². The van der Waals surface area contributed by atoms with Gasteiger partial charge < -0.3 is 23.1 Å². The van der Waals surface area contributed by atoms with Gasteiger partial charge in [-0.05, 0) is 123 Å². The summed E-state index contributed by atoms with van der Waals surface area (Å²) in [6.45, 7) is 19.2. The third-order valence-electron chi connectivity index (χ3n) is 7.91. The largest absolute Gasteiger partial charge is 0.494 e. The van der Waals surface area contributed by atoms with Gasteiger partial charge in [0.25, 0.3) is 0 Å². The lowest BCUT2D eigenvalue weighted by molar-refractivity contribution is 0.338. The van der Waals surface area contributed by atoms with Crippen molar-refractivity contribution in [1.82, 2.24) is 0 Å². The Balaban J connectivity index is 1.99. The number of ether oxygens (including phenoxy) is 4. The molecule has 0 saturated carbocycles. The van der Waals surface area contributed by atoms with Gasteiger partial charge in [0.1, 0.15) is 23.0 Å². The van der Waals surface area contributed by atoms with E-state index in [1.54, 1.807) is 0 Å². The second kappa shape index (κ2) is 15.3. The maximum absolute atomic E-state index is 7.71. The van der Waals surface area contributed by atoms with Gasteiger partial charge in [0.2, 0.25) is 18.1 Å². The average Bonchev–Trinajstić information content (AvgIpc) is 3.00. The first-order valence-corrected chi connectivity index (χ1v) is 18.7. The molecule has 4 aromatic carbocycles. The molecular formula is C36H46O5Si2. The molecule has 0 unspecified atom stereocenters. The van der Waals surface area contributed by atoms with E-state index in [1.165, 1.54) is 20.7 Å². The van der Waals surface area contributed by atoms with E-state index in [9.17, 15) is 0 Å². The first-order chi connectivity index (χ1) is 20.9. The van der Waals surface area contributed by atoms with Crippen LogP contribution < -0.4 is 39.7 Å². The Labute approximate surface area is 261 Å². The van der Waals surface area contributed by atoms with Crippen LogP contribution in [0.1, 0.15) is 49.9 Å². The Morgan fingerprint density at radius 1 is 0.395 bits per heavy atom. The highest BCUT2D eigenvalue weighted by Gasteiger charge is 2.32. The second-order valence-electron chi connectivity index (χ2n) is 10.5. The van der Waals surface area contributed by atoms with Gasteiger partial charge in [-0.2, -0.15) is 0 Å². The predicted octanol–water partition coefficient (Wildman–Crippen LogP) is 4.91. The lowest BCUT2D eigenvalue weighted by atomic mass is 10.2. The fourth-order valence-corrected chi connectivity index (χ4v) is 13.1. The van der Waals surface area contributed by atoms with E-state index in [1.807, 2.05) is 27.7 Å². The normalized spacial score (nSPS) is 11.2. The van der Waals surface area contributed by atoms with Gasteiger partial charge in [0.15, 0.2) is 0 Å².